The van der Waals surface area contributed by atoms with Crippen LogP contribution in [0.4, 0.5) is 14.9 Å². The van der Waals surface area contributed by atoms with Gasteiger partial charge >= 0.3 is 6.03 Å². The quantitative estimate of drug-likeness (QED) is 0.679. The van der Waals surface area contributed by atoms with Crippen LogP contribution in [0.3, 0.4) is 0 Å². The fourth-order valence-electron chi connectivity index (χ4n) is 2.54. The summed E-state index contributed by atoms with van der Waals surface area (Å²) in [6.45, 7) is 1.50. The lowest BCUT2D eigenvalue weighted by molar-refractivity contribution is -0.117. The topological polar surface area (TPSA) is 93.6 Å². The molecule has 1 atom stereocenters. The van der Waals surface area contributed by atoms with Crippen LogP contribution >= 0.6 is 0 Å². The minimum atomic E-state index is -1.27. The number of hydrogen-bond acceptors (Lipinski definition) is 4. The number of benzene rings is 1. The highest BCUT2D eigenvalue weighted by molar-refractivity contribution is 6.29. The number of aryl methyl sites for hydroxylation is 1. The van der Waals surface area contributed by atoms with Gasteiger partial charge in [-0.2, -0.15) is 0 Å². The van der Waals surface area contributed by atoms with Gasteiger partial charge in [-0.3, -0.25) is 9.59 Å². The van der Waals surface area contributed by atoms with Crippen molar-refractivity contribution in [2.24, 2.45) is 5.73 Å². The van der Waals surface area contributed by atoms with E-state index < -0.39 is 29.5 Å². The molecule has 1 aromatic heterocycles. The van der Waals surface area contributed by atoms with Crippen molar-refractivity contribution in [1.82, 2.24) is 0 Å². The van der Waals surface area contributed by atoms with Gasteiger partial charge in [0, 0.05) is 0 Å². The number of carbonyl (C=O) groups is 3. The number of rotatable bonds is 2. The molecule has 3 rings (SSSR count). The maximum absolute atomic E-state index is 13.7. The number of ketones is 1. The highest BCUT2D eigenvalue weighted by Gasteiger charge is 2.45. The molecule has 0 saturated carbocycles. The number of furan rings is 1. The molecule has 7 heteroatoms. The maximum Gasteiger partial charge on any atom is 0.326 e. The molecule has 6 nitrogen and oxygen atoms in total. The highest BCUT2D eigenvalue weighted by Crippen LogP contribution is 2.40. The molecule has 1 aliphatic rings. The van der Waals surface area contributed by atoms with Crippen LogP contribution in [0.25, 0.3) is 0 Å². The van der Waals surface area contributed by atoms with Gasteiger partial charge in [-0.1, -0.05) is 0 Å². The van der Waals surface area contributed by atoms with Gasteiger partial charge in [-0.05, 0) is 42.3 Å². The lowest BCUT2D eigenvalue weighted by atomic mass is 9.93. The van der Waals surface area contributed by atoms with Gasteiger partial charge in [0.25, 0.3) is 5.91 Å². The van der Waals surface area contributed by atoms with E-state index in [0.29, 0.717) is 4.90 Å². The lowest BCUT2D eigenvalue weighted by Crippen LogP contribution is -2.40. The van der Waals surface area contributed by atoms with Crippen LogP contribution in [-0.4, -0.2) is 17.7 Å². The minimum absolute atomic E-state index is 0.00879. The number of halogens is 1. The second-order valence-electron chi connectivity index (χ2n) is 4.95. The summed E-state index contributed by atoms with van der Waals surface area (Å²) in [4.78, 5) is 37.0. The Morgan fingerprint density at radius 2 is 2.09 bits per heavy atom. The van der Waals surface area contributed by atoms with Crippen LogP contribution in [0.5, 0.6) is 0 Å². The van der Waals surface area contributed by atoms with Gasteiger partial charge in [0.15, 0.2) is 5.76 Å². The van der Waals surface area contributed by atoms with E-state index in [2.05, 4.69) is 0 Å². The number of urea groups is 1. The zero-order valence-corrected chi connectivity index (χ0v) is 11.5. The number of Topliss-reactive ketones (excluding diaryl/α,β-unsaturated/α-hetero) is 1. The molecule has 2 N–H and O–H groups in total. The average molecular weight is 302 g/mol. The smallest absolute Gasteiger partial charge is 0.326 e. The summed E-state index contributed by atoms with van der Waals surface area (Å²) in [7, 11) is 0. The van der Waals surface area contributed by atoms with E-state index >= 15 is 0 Å². The van der Waals surface area contributed by atoms with E-state index in [9.17, 15) is 18.8 Å². The highest BCUT2D eigenvalue weighted by atomic mass is 19.1. The van der Waals surface area contributed by atoms with Crippen LogP contribution in [0.15, 0.2) is 34.9 Å². The van der Waals surface area contributed by atoms with Crippen molar-refractivity contribution < 1.29 is 23.2 Å². The standard InChI is InChI=1S/C15H11FN2O4/c1-7-5-8-10(6-9(7)16)18(15(17)21)14(20)12(8)13(19)11-3-2-4-22-11/h2-6,12H,1H3,(H2,17,21). The largest absolute Gasteiger partial charge is 0.461 e. The molecule has 0 bridgehead atoms. The van der Waals surface area contributed by atoms with Crippen LogP contribution < -0.4 is 10.6 Å². The fraction of sp³-hybridized carbons (Fsp3) is 0.133. The first-order valence-corrected chi connectivity index (χ1v) is 6.43. The number of primary amides is 1. The van der Waals surface area contributed by atoms with Crippen molar-refractivity contribution in [3.05, 3.63) is 53.2 Å². The number of carbonyl (C=O) groups excluding carboxylic acids is 3. The van der Waals surface area contributed by atoms with E-state index in [-0.39, 0.29) is 22.6 Å². The molecule has 0 aliphatic carbocycles. The molecule has 2 heterocycles. The van der Waals surface area contributed by atoms with E-state index in [0.717, 1.165) is 6.07 Å². The van der Waals surface area contributed by atoms with E-state index in [1.165, 1.54) is 31.4 Å². The molecular formula is C15H11FN2O4. The molecular weight excluding hydrogens is 291 g/mol. The van der Waals surface area contributed by atoms with Crippen LogP contribution in [0.1, 0.15) is 27.6 Å². The Morgan fingerprint density at radius 1 is 1.36 bits per heavy atom. The van der Waals surface area contributed by atoms with E-state index in [1.54, 1.807) is 0 Å². The van der Waals surface area contributed by atoms with Crippen LogP contribution in [-0.2, 0) is 4.79 Å². The van der Waals surface area contributed by atoms with Crippen molar-refractivity contribution in [2.45, 2.75) is 12.8 Å². The molecule has 2 aromatic rings. The first-order valence-electron chi connectivity index (χ1n) is 6.43. The Morgan fingerprint density at radius 3 is 2.68 bits per heavy atom. The number of hydrogen-bond donors (Lipinski definition) is 1. The van der Waals surface area contributed by atoms with Gasteiger partial charge in [-0.15, -0.1) is 0 Å². The van der Waals surface area contributed by atoms with Crippen molar-refractivity contribution in [2.75, 3.05) is 4.90 Å². The third kappa shape index (κ3) is 1.90. The zero-order chi connectivity index (χ0) is 16.0. The van der Waals surface area contributed by atoms with Gasteiger partial charge in [0.2, 0.25) is 5.78 Å². The van der Waals surface area contributed by atoms with Gasteiger partial charge in [0.05, 0.1) is 12.0 Å². The molecule has 0 saturated heterocycles. The van der Waals surface area contributed by atoms with Crippen molar-refractivity contribution in [3.63, 3.8) is 0 Å². The maximum atomic E-state index is 13.7. The summed E-state index contributed by atoms with van der Waals surface area (Å²) in [5.74, 6) is -3.30. The second kappa shape index (κ2) is 4.80. The summed E-state index contributed by atoms with van der Waals surface area (Å²) < 4.78 is 18.8. The van der Waals surface area contributed by atoms with E-state index in [1.807, 2.05) is 0 Å². The predicted molar refractivity (Wildman–Crippen MR) is 74.0 cm³/mol. The SMILES string of the molecule is Cc1cc2c(cc1F)N(C(N)=O)C(=O)C2C(=O)c1ccco1. The summed E-state index contributed by atoms with van der Waals surface area (Å²) in [5, 5.41) is 0. The Kier molecular flexibility index (Phi) is 3.05. The number of nitrogens with zero attached hydrogens (tertiary/aromatic N) is 1. The first kappa shape index (κ1) is 14.0. The minimum Gasteiger partial charge on any atom is -0.461 e. The monoisotopic (exact) mass is 302 g/mol. The zero-order valence-electron chi connectivity index (χ0n) is 11.5. The normalized spacial score (nSPS) is 16.7. The Labute approximate surface area is 124 Å². The second-order valence-corrected chi connectivity index (χ2v) is 4.95. The average Bonchev–Trinajstić information content (AvgIpc) is 3.05. The third-order valence-corrected chi connectivity index (χ3v) is 3.57. The number of anilines is 1. The van der Waals surface area contributed by atoms with Gasteiger partial charge in [0.1, 0.15) is 11.7 Å². The summed E-state index contributed by atoms with van der Waals surface area (Å²) in [6, 6.07) is 4.26. The van der Waals surface area contributed by atoms with Crippen molar-refractivity contribution in [1.29, 1.82) is 0 Å². The number of fused-ring (bicyclic) bond motifs is 1. The van der Waals surface area contributed by atoms with Gasteiger partial charge in [-0.25, -0.2) is 14.1 Å². The Hall–Kier alpha value is -2.96. The number of imide groups is 1. The third-order valence-electron chi connectivity index (χ3n) is 3.57. The van der Waals surface area contributed by atoms with Crippen molar-refractivity contribution >= 4 is 23.4 Å². The number of nitrogens with two attached hydrogens (primary N) is 1. The van der Waals surface area contributed by atoms with Crippen LogP contribution in [0, 0.1) is 12.7 Å². The fourth-order valence-corrected chi connectivity index (χ4v) is 2.54. The summed E-state index contributed by atoms with van der Waals surface area (Å²) in [5.41, 5.74) is 5.67. The molecule has 0 spiro atoms. The molecule has 3 amide bonds. The molecule has 0 fully saturated rings. The van der Waals surface area contributed by atoms with E-state index in [4.69, 9.17) is 10.2 Å². The molecule has 1 aromatic carbocycles. The van der Waals surface area contributed by atoms with Crippen LogP contribution in [0.2, 0.25) is 0 Å². The molecule has 1 aliphatic heterocycles. The molecule has 112 valence electrons. The molecule has 0 radical (unpaired) electrons. The Bertz CT molecular complexity index is 798. The first-order chi connectivity index (χ1) is 10.4. The predicted octanol–water partition coefficient (Wildman–Crippen LogP) is 2.12. The Balaban J connectivity index is 2.18. The number of amides is 3. The molecule has 1 unspecified atom stereocenters. The summed E-state index contributed by atoms with van der Waals surface area (Å²) in [6.07, 6.45) is 1.30. The van der Waals surface area contributed by atoms with Crippen molar-refractivity contribution in [3.8, 4) is 0 Å². The molecule has 22 heavy (non-hydrogen) atoms. The lowest BCUT2D eigenvalue weighted by Gasteiger charge is -2.12. The van der Waals surface area contributed by atoms with Gasteiger partial charge < -0.3 is 10.2 Å². The summed E-state index contributed by atoms with van der Waals surface area (Å²) >= 11 is 0.